The van der Waals surface area contributed by atoms with Crippen LogP contribution in [0.25, 0.3) is 0 Å². The van der Waals surface area contributed by atoms with Gasteiger partial charge >= 0.3 is 0 Å². The molecule has 0 aliphatic rings. The monoisotopic (exact) mass is 608 g/mol. The predicted octanol–water partition coefficient (Wildman–Crippen LogP) is 5.45. The van der Waals surface area contributed by atoms with E-state index in [0.29, 0.717) is 33.7 Å². The minimum absolute atomic E-state index is 0.0257. The zero-order valence-corrected chi connectivity index (χ0v) is 23.6. The standard InChI is InChI=1S/C29H29BrN4O4S/c1-37-27-17-22(13-16-26(27)38-19-20-7-3-2-4-8-20)25(18-33-23-14-11-21(12-15-23)29(31)32)34-39(35,36)28-10-6-5-9-24(28)30/h2-17,25,33-34H,18-19H2,1H3,(H3,31,32). The summed E-state index contributed by atoms with van der Waals surface area (Å²) >= 11 is 3.34. The zero-order chi connectivity index (χ0) is 27.8. The maximum absolute atomic E-state index is 13.4. The summed E-state index contributed by atoms with van der Waals surface area (Å²) in [5.74, 6) is 1.01. The van der Waals surface area contributed by atoms with Gasteiger partial charge in [-0.05, 0) is 75.6 Å². The largest absolute Gasteiger partial charge is 0.493 e. The average Bonchev–Trinajstić information content (AvgIpc) is 2.95. The number of nitrogen functional groups attached to an aromatic ring is 1. The number of nitrogens with one attached hydrogen (secondary N) is 3. The molecule has 0 aliphatic heterocycles. The summed E-state index contributed by atoms with van der Waals surface area (Å²) < 4.78 is 41.6. The van der Waals surface area contributed by atoms with Crippen molar-refractivity contribution in [1.29, 1.82) is 5.41 Å². The lowest BCUT2D eigenvalue weighted by Crippen LogP contribution is -2.33. The molecule has 39 heavy (non-hydrogen) atoms. The number of sulfonamides is 1. The lowest BCUT2D eigenvalue weighted by molar-refractivity contribution is 0.284. The Morgan fingerprint density at radius 1 is 0.949 bits per heavy atom. The minimum atomic E-state index is -3.89. The van der Waals surface area contributed by atoms with Crippen LogP contribution in [-0.2, 0) is 16.6 Å². The van der Waals surface area contributed by atoms with E-state index in [1.54, 1.807) is 67.8 Å². The van der Waals surface area contributed by atoms with Gasteiger partial charge in [-0.3, -0.25) is 5.41 Å². The number of rotatable bonds is 12. The van der Waals surface area contributed by atoms with Gasteiger partial charge in [0.05, 0.1) is 18.0 Å². The van der Waals surface area contributed by atoms with Gasteiger partial charge in [0.1, 0.15) is 12.4 Å². The Bertz CT molecular complexity index is 1530. The van der Waals surface area contributed by atoms with Crippen molar-refractivity contribution in [3.05, 3.63) is 118 Å². The van der Waals surface area contributed by atoms with Crippen LogP contribution in [-0.4, -0.2) is 27.9 Å². The second kappa shape index (κ2) is 12.8. The third-order valence-electron chi connectivity index (χ3n) is 5.96. The van der Waals surface area contributed by atoms with Gasteiger partial charge < -0.3 is 20.5 Å². The van der Waals surface area contributed by atoms with E-state index in [-0.39, 0.29) is 17.3 Å². The van der Waals surface area contributed by atoms with Crippen LogP contribution in [0.3, 0.4) is 0 Å². The van der Waals surface area contributed by atoms with Crippen molar-refractivity contribution in [3.8, 4) is 11.5 Å². The van der Waals surface area contributed by atoms with Crippen LogP contribution < -0.4 is 25.2 Å². The van der Waals surface area contributed by atoms with Gasteiger partial charge in [-0.15, -0.1) is 0 Å². The van der Waals surface area contributed by atoms with Gasteiger partial charge in [-0.1, -0.05) is 48.5 Å². The summed E-state index contributed by atoms with van der Waals surface area (Å²) in [7, 11) is -2.34. The van der Waals surface area contributed by atoms with Crippen LogP contribution in [0.2, 0.25) is 0 Å². The lowest BCUT2D eigenvalue weighted by Gasteiger charge is -2.22. The number of benzene rings is 4. The number of nitrogens with two attached hydrogens (primary N) is 1. The molecule has 0 aliphatic carbocycles. The van der Waals surface area contributed by atoms with Crippen molar-refractivity contribution in [2.45, 2.75) is 17.5 Å². The lowest BCUT2D eigenvalue weighted by atomic mass is 10.1. The number of halogens is 1. The molecule has 0 radical (unpaired) electrons. The number of hydrogen-bond acceptors (Lipinski definition) is 6. The van der Waals surface area contributed by atoms with Gasteiger partial charge in [0.2, 0.25) is 10.0 Å². The minimum Gasteiger partial charge on any atom is -0.493 e. The highest BCUT2D eigenvalue weighted by Gasteiger charge is 2.24. The molecule has 0 aromatic heterocycles. The summed E-state index contributed by atoms with van der Waals surface area (Å²) in [6, 6.07) is 28.2. The third-order valence-corrected chi connectivity index (χ3v) is 8.44. The van der Waals surface area contributed by atoms with Gasteiger partial charge in [-0.25, -0.2) is 13.1 Å². The van der Waals surface area contributed by atoms with E-state index in [1.807, 2.05) is 36.4 Å². The summed E-state index contributed by atoms with van der Waals surface area (Å²) in [5, 5.41) is 10.8. The first-order valence-electron chi connectivity index (χ1n) is 12.1. The Morgan fingerprint density at radius 3 is 2.31 bits per heavy atom. The van der Waals surface area contributed by atoms with E-state index >= 15 is 0 Å². The van der Waals surface area contributed by atoms with Crippen molar-refractivity contribution in [2.75, 3.05) is 19.0 Å². The molecule has 1 unspecified atom stereocenters. The van der Waals surface area contributed by atoms with Crippen molar-refractivity contribution in [2.24, 2.45) is 5.73 Å². The highest BCUT2D eigenvalue weighted by Crippen LogP contribution is 2.32. The normalized spacial score (nSPS) is 11.9. The summed E-state index contributed by atoms with van der Waals surface area (Å²) in [6.07, 6.45) is 0. The molecule has 4 rings (SSSR count). The van der Waals surface area contributed by atoms with E-state index < -0.39 is 16.1 Å². The van der Waals surface area contributed by atoms with E-state index in [9.17, 15) is 8.42 Å². The summed E-state index contributed by atoms with van der Waals surface area (Å²) in [4.78, 5) is 0.135. The van der Waals surface area contributed by atoms with Gasteiger partial charge in [0.25, 0.3) is 0 Å². The number of hydrogen-bond donors (Lipinski definition) is 4. The topological polar surface area (TPSA) is 127 Å². The molecule has 5 N–H and O–H groups in total. The molecule has 4 aromatic rings. The van der Waals surface area contributed by atoms with Gasteiger partial charge in [-0.2, -0.15) is 0 Å². The van der Waals surface area contributed by atoms with Crippen LogP contribution in [0.1, 0.15) is 22.7 Å². The Labute approximate surface area is 236 Å². The molecule has 0 spiro atoms. The molecule has 8 nitrogen and oxygen atoms in total. The van der Waals surface area contributed by atoms with Crippen LogP contribution in [0.4, 0.5) is 5.69 Å². The SMILES string of the molecule is COc1cc(C(CNc2ccc(C(=N)N)cc2)NS(=O)(=O)c2ccccc2Br)ccc1OCc1ccccc1. The molecule has 0 fully saturated rings. The second-order valence-electron chi connectivity index (χ2n) is 8.66. The van der Waals surface area contributed by atoms with E-state index in [0.717, 1.165) is 11.3 Å². The highest BCUT2D eigenvalue weighted by atomic mass is 79.9. The molecule has 1 atom stereocenters. The molecule has 0 amide bonds. The van der Waals surface area contributed by atoms with Crippen LogP contribution in [0.15, 0.2) is 106 Å². The number of anilines is 1. The molecule has 0 bridgehead atoms. The zero-order valence-electron chi connectivity index (χ0n) is 21.2. The summed E-state index contributed by atoms with van der Waals surface area (Å²) in [6.45, 7) is 0.600. The number of ether oxygens (including phenoxy) is 2. The van der Waals surface area contributed by atoms with Gasteiger partial charge in [0, 0.05) is 22.3 Å². The Kier molecular flexibility index (Phi) is 9.23. The van der Waals surface area contributed by atoms with Crippen molar-refractivity contribution in [3.63, 3.8) is 0 Å². The molecule has 202 valence electrons. The molecule has 0 saturated carbocycles. The molecule has 4 aromatic carbocycles. The molecule has 10 heteroatoms. The number of amidine groups is 1. The maximum Gasteiger partial charge on any atom is 0.242 e. The Hall–Kier alpha value is -3.86. The molecular weight excluding hydrogens is 580 g/mol. The maximum atomic E-state index is 13.4. The fraction of sp³-hybridized carbons (Fsp3) is 0.138. The van der Waals surface area contributed by atoms with E-state index in [2.05, 4.69) is 26.0 Å². The van der Waals surface area contributed by atoms with Gasteiger partial charge in [0.15, 0.2) is 11.5 Å². The van der Waals surface area contributed by atoms with Crippen molar-refractivity contribution in [1.82, 2.24) is 4.72 Å². The fourth-order valence-corrected chi connectivity index (χ4v) is 6.11. The first kappa shape index (κ1) is 28.2. The Balaban J connectivity index is 1.60. The average molecular weight is 610 g/mol. The van der Waals surface area contributed by atoms with E-state index in [1.165, 1.54) is 0 Å². The second-order valence-corrected chi connectivity index (χ2v) is 11.2. The summed E-state index contributed by atoms with van der Waals surface area (Å²) in [5.41, 5.74) is 8.60. The Morgan fingerprint density at radius 2 is 1.64 bits per heavy atom. The van der Waals surface area contributed by atoms with Crippen molar-refractivity contribution < 1.29 is 17.9 Å². The molecule has 0 heterocycles. The predicted molar refractivity (Wildman–Crippen MR) is 157 cm³/mol. The number of methoxy groups -OCH3 is 1. The molecule has 0 saturated heterocycles. The smallest absolute Gasteiger partial charge is 0.242 e. The first-order chi connectivity index (χ1) is 18.8. The van der Waals surface area contributed by atoms with Crippen LogP contribution in [0, 0.1) is 5.41 Å². The van der Waals surface area contributed by atoms with Crippen molar-refractivity contribution >= 4 is 37.5 Å². The first-order valence-corrected chi connectivity index (χ1v) is 14.3. The quantitative estimate of drug-likeness (QED) is 0.125. The fourth-order valence-electron chi connectivity index (χ4n) is 3.88. The van der Waals surface area contributed by atoms with E-state index in [4.69, 9.17) is 20.6 Å². The highest BCUT2D eigenvalue weighted by molar-refractivity contribution is 9.10. The van der Waals surface area contributed by atoms with Crippen LogP contribution >= 0.6 is 15.9 Å². The third kappa shape index (κ3) is 7.38. The van der Waals surface area contributed by atoms with Crippen LogP contribution in [0.5, 0.6) is 11.5 Å². The molecular formula is C29H29BrN4O4S.